The molecule has 18 heavy (non-hydrogen) atoms. The fraction of sp³-hybridized carbons (Fsp3) is 0.214. The van der Waals surface area contributed by atoms with Gasteiger partial charge in [-0.15, -0.1) is 0 Å². The molecule has 1 aromatic carbocycles. The fourth-order valence-electron chi connectivity index (χ4n) is 1.73. The van der Waals surface area contributed by atoms with Crippen molar-refractivity contribution in [1.82, 2.24) is 10.2 Å². The second-order valence-corrected chi connectivity index (χ2v) is 3.98. The molecule has 0 aliphatic carbocycles. The molecule has 1 radical (unpaired) electrons. The first-order valence-electron chi connectivity index (χ1n) is 5.76. The van der Waals surface area contributed by atoms with Gasteiger partial charge >= 0.3 is 5.97 Å². The molecule has 0 amide bonds. The van der Waals surface area contributed by atoms with Gasteiger partial charge in [0.2, 0.25) is 0 Å². The molecule has 1 N–H and O–H groups in total. The van der Waals surface area contributed by atoms with Gasteiger partial charge in [0.05, 0.1) is 5.69 Å². The number of hydrogen-bond donors (Lipinski definition) is 1. The largest absolute Gasteiger partial charge is 0.457 e. The number of nitrogens with one attached hydrogen (secondary N) is 1. The highest BCUT2D eigenvalue weighted by Crippen LogP contribution is 2.13. The predicted octanol–water partition coefficient (Wildman–Crippen LogP) is 2.45. The molecule has 0 saturated heterocycles. The summed E-state index contributed by atoms with van der Waals surface area (Å²) in [4.78, 5) is 12.0. The average Bonchev–Trinajstić information content (AvgIpc) is 2.78. The Hall–Kier alpha value is -2.10. The zero-order chi connectivity index (χ0) is 13.0. The van der Waals surface area contributed by atoms with Crippen LogP contribution in [0.4, 0.5) is 0 Å². The molecular weight excluding hydrogens is 228 g/mol. The molecule has 0 aliphatic rings. The summed E-state index contributed by atoms with van der Waals surface area (Å²) < 4.78 is 5.27. The molecule has 1 heterocycles. The van der Waals surface area contributed by atoms with E-state index >= 15 is 0 Å². The maximum absolute atomic E-state index is 12.0. The topological polar surface area (TPSA) is 55.0 Å². The smallest absolute Gasteiger partial charge is 0.342 e. The zero-order valence-electron chi connectivity index (χ0n) is 10.3. The summed E-state index contributed by atoms with van der Waals surface area (Å²) in [5.41, 5.74) is 2.82. The van der Waals surface area contributed by atoms with E-state index in [0.717, 1.165) is 5.56 Å². The third-order valence-electron chi connectivity index (χ3n) is 2.68. The van der Waals surface area contributed by atoms with Crippen LogP contribution in [0.15, 0.2) is 30.3 Å². The Labute approximate surface area is 106 Å². The van der Waals surface area contributed by atoms with Crippen molar-refractivity contribution in [2.24, 2.45) is 0 Å². The second kappa shape index (κ2) is 5.49. The Morgan fingerprint density at radius 2 is 2.11 bits per heavy atom. The standard InChI is InChI=1S/C14H15N2O2/c1-3-12-13(10(2)15-16-12)14(17)18-9-11-7-5-4-6-8-11/h4-8H,1,3,9H2,2H3,(H,15,16). The molecule has 0 unspecified atom stereocenters. The Bertz CT molecular complexity index is 532. The molecule has 0 aliphatic heterocycles. The number of aryl methyl sites for hydroxylation is 1. The quantitative estimate of drug-likeness (QED) is 0.839. The van der Waals surface area contributed by atoms with E-state index in [9.17, 15) is 4.79 Å². The average molecular weight is 243 g/mol. The summed E-state index contributed by atoms with van der Waals surface area (Å²) in [5.74, 6) is -0.358. The number of carbonyl (C=O) groups is 1. The fourth-order valence-corrected chi connectivity index (χ4v) is 1.73. The summed E-state index contributed by atoms with van der Waals surface area (Å²) in [7, 11) is 0. The Balaban J connectivity index is 2.06. The van der Waals surface area contributed by atoms with Gasteiger partial charge in [0.15, 0.2) is 0 Å². The highest BCUT2D eigenvalue weighted by molar-refractivity contribution is 5.91. The van der Waals surface area contributed by atoms with Crippen LogP contribution in [0.1, 0.15) is 27.3 Å². The van der Waals surface area contributed by atoms with Crippen LogP contribution < -0.4 is 0 Å². The lowest BCUT2D eigenvalue weighted by atomic mass is 10.1. The van der Waals surface area contributed by atoms with E-state index in [-0.39, 0.29) is 12.6 Å². The van der Waals surface area contributed by atoms with Gasteiger partial charge in [0.25, 0.3) is 0 Å². The summed E-state index contributed by atoms with van der Waals surface area (Å²) >= 11 is 0. The molecule has 93 valence electrons. The van der Waals surface area contributed by atoms with Crippen LogP contribution in [0.2, 0.25) is 0 Å². The summed E-state index contributed by atoms with van der Waals surface area (Å²) in [6.45, 7) is 5.80. The van der Waals surface area contributed by atoms with E-state index in [1.807, 2.05) is 30.3 Å². The van der Waals surface area contributed by atoms with Gasteiger partial charge in [-0.3, -0.25) is 5.10 Å². The molecule has 1 aromatic heterocycles. The van der Waals surface area contributed by atoms with E-state index in [1.54, 1.807) is 6.92 Å². The van der Waals surface area contributed by atoms with Crippen LogP contribution >= 0.6 is 0 Å². The van der Waals surface area contributed by atoms with Crippen LogP contribution in [0.25, 0.3) is 0 Å². The summed E-state index contributed by atoms with van der Waals surface area (Å²) in [5, 5.41) is 6.80. The molecule has 0 fully saturated rings. The summed E-state index contributed by atoms with van der Waals surface area (Å²) in [6, 6.07) is 9.57. The molecule has 0 atom stereocenters. The van der Waals surface area contributed by atoms with Gasteiger partial charge in [0.1, 0.15) is 12.2 Å². The van der Waals surface area contributed by atoms with Crippen molar-refractivity contribution < 1.29 is 9.53 Å². The number of esters is 1. The molecule has 0 spiro atoms. The van der Waals surface area contributed by atoms with Crippen molar-refractivity contribution in [3.8, 4) is 0 Å². The molecule has 2 rings (SSSR count). The molecular formula is C14H15N2O2. The van der Waals surface area contributed by atoms with E-state index < -0.39 is 0 Å². The second-order valence-electron chi connectivity index (χ2n) is 3.98. The van der Waals surface area contributed by atoms with Crippen molar-refractivity contribution in [2.45, 2.75) is 20.0 Å². The minimum atomic E-state index is -0.358. The highest BCUT2D eigenvalue weighted by atomic mass is 16.5. The molecule has 0 saturated carbocycles. The Kier molecular flexibility index (Phi) is 3.77. The van der Waals surface area contributed by atoms with Crippen molar-refractivity contribution in [2.75, 3.05) is 0 Å². The van der Waals surface area contributed by atoms with Gasteiger partial charge in [-0.05, 0) is 25.8 Å². The minimum absolute atomic E-state index is 0.265. The van der Waals surface area contributed by atoms with E-state index in [4.69, 9.17) is 4.74 Å². The SMILES string of the molecule is [CH2]Cc1n[nH]c(C)c1C(=O)OCc1ccccc1. The summed E-state index contributed by atoms with van der Waals surface area (Å²) in [6.07, 6.45) is 0.458. The lowest BCUT2D eigenvalue weighted by molar-refractivity contribution is 0.0471. The van der Waals surface area contributed by atoms with Gasteiger partial charge in [-0.2, -0.15) is 5.10 Å². The predicted molar refractivity (Wildman–Crippen MR) is 67.9 cm³/mol. The number of H-pyrrole nitrogens is 1. The number of ether oxygens (including phenoxy) is 1. The maximum Gasteiger partial charge on any atom is 0.342 e. The minimum Gasteiger partial charge on any atom is -0.457 e. The third kappa shape index (κ3) is 2.59. The first-order valence-corrected chi connectivity index (χ1v) is 5.76. The van der Waals surface area contributed by atoms with E-state index in [2.05, 4.69) is 17.1 Å². The van der Waals surface area contributed by atoms with Crippen molar-refractivity contribution in [3.63, 3.8) is 0 Å². The molecule has 4 heteroatoms. The number of rotatable bonds is 4. The van der Waals surface area contributed by atoms with E-state index in [0.29, 0.717) is 23.4 Å². The number of aromatic amines is 1. The normalized spacial score (nSPS) is 10.3. The Morgan fingerprint density at radius 3 is 2.78 bits per heavy atom. The molecule has 4 nitrogen and oxygen atoms in total. The number of benzene rings is 1. The number of hydrogen-bond acceptors (Lipinski definition) is 3. The number of carbonyl (C=O) groups excluding carboxylic acids is 1. The number of nitrogens with zero attached hydrogens (tertiary/aromatic N) is 1. The van der Waals surface area contributed by atoms with Crippen LogP contribution in [-0.4, -0.2) is 16.2 Å². The van der Waals surface area contributed by atoms with Crippen molar-refractivity contribution >= 4 is 5.97 Å². The van der Waals surface area contributed by atoms with Crippen LogP contribution in [0, 0.1) is 13.8 Å². The van der Waals surface area contributed by atoms with Crippen LogP contribution in [0.3, 0.4) is 0 Å². The molecule has 0 bridgehead atoms. The Morgan fingerprint density at radius 1 is 1.39 bits per heavy atom. The lowest BCUT2D eigenvalue weighted by Gasteiger charge is -2.05. The lowest BCUT2D eigenvalue weighted by Crippen LogP contribution is -2.08. The zero-order valence-corrected chi connectivity index (χ0v) is 10.3. The van der Waals surface area contributed by atoms with Crippen molar-refractivity contribution in [1.29, 1.82) is 0 Å². The highest BCUT2D eigenvalue weighted by Gasteiger charge is 2.18. The van der Waals surface area contributed by atoms with Crippen molar-refractivity contribution in [3.05, 3.63) is 59.8 Å². The first kappa shape index (κ1) is 12.4. The van der Waals surface area contributed by atoms with E-state index in [1.165, 1.54) is 0 Å². The first-order chi connectivity index (χ1) is 8.72. The molecule has 2 aromatic rings. The van der Waals surface area contributed by atoms with Gasteiger partial charge in [-0.25, -0.2) is 4.79 Å². The van der Waals surface area contributed by atoms with Gasteiger partial charge in [-0.1, -0.05) is 30.3 Å². The number of aromatic nitrogens is 2. The van der Waals surface area contributed by atoms with Crippen LogP contribution in [0.5, 0.6) is 0 Å². The maximum atomic E-state index is 12.0. The van der Waals surface area contributed by atoms with Gasteiger partial charge < -0.3 is 4.74 Å². The van der Waals surface area contributed by atoms with Crippen LogP contribution in [-0.2, 0) is 17.8 Å². The van der Waals surface area contributed by atoms with Gasteiger partial charge in [0, 0.05) is 5.69 Å². The third-order valence-corrected chi connectivity index (χ3v) is 2.68. The monoisotopic (exact) mass is 243 g/mol.